The number of carbonyl (C=O) groups excluding carboxylic acids is 2. The molecule has 2 saturated carbocycles. The number of nitrogens with zero attached hydrogens (tertiary/aromatic N) is 2. The van der Waals surface area contributed by atoms with Crippen LogP contribution in [-0.4, -0.2) is 42.2 Å². The molecule has 1 aromatic carbocycles. The van der Waals surface area contributed by atoms with E-state index in [0.717, 1.165) is 44.9 Å². The van der Waals surface area contributed by atoms with Gasteiger partial charge >= 0.3 is 11.7 Å². The van der Waals surface area contributed by atoms with E-state index in [0.29, 0.717) is 11.2 Å². The fourth-order valence-electron chi connectivity index (χ4n) is 3.39. The molecule has 176 valence electrons. The summed E-state index contributed by atoms with van der Waals surface area (Å²) in [5.41, 5.74) is 0.300. The Kier molecular flexibility index (Phi) is 5.74. The molecule has 2 aliphatic rings. The normalized spacial score (nSPS) is 17.3. The molecule has 2 N–H and O–H groups in total. The highest BCUT2D eigenvalue weighted by atomic mass is 32.2. The maximum Gasteiger partial charge on any atom is 0.350 e. The number of amides is 1. The van der Waals surface area contributed by atoms with Gasteiger partial charge in [-0.25, -0.2) is 22.7 Å². The van der Waals surface area contributed by atoms with Gasteiger partial charge in [-0.05, 0) is 56.7 Å². The van der Waals surface area contributed by atoms with Crippen LogP contribution in [0.4, 0.5) is 0 Å². The van der Waals surface area contributed by atoms with Crippen molar-refractivity contribution >= 4 is 32.8 Å². The Morgan fingerprint density at radius 2 is 1.91 bits per heavy atom. The number of benzene rings is 1. The first-order chi connectivity index (χ1) is 15.5. The molecule has 2 fully saturated rings. The minimum absolute atomic E-state index is 0.0312. The van der Waals surface area contributed by atoms with Crippen molar-refractivity contribution in [2.75, 3.05) is 12.5 Å². The predicted molar refractivity (Wildman–Crippen MR) is 119 cm³/mol. The number of fused-ring (bicyclic) bond motifs is 1. The third-order valence-corrected chi connectivity index (χ3v) is 7.37. The van der Waals surface area contributed by atoms with Crippen LogP contribution >= 0.6 is 0 Å². The minimum Gasteiger partial charge on any atom is -0.466 e. The molecule has 11 nitrogen and oxygen atoms in total. The van der Waals surface area contributed by atoms with Crippen molar-refractivity contribution in [1.82, 2.24) is 14.0 Å². The summed E-state index contributed by atoms with van der Waals surface area (Å²) >= 11 is 0. The van der Waals surface area contributed by atoms with Crippen molar-refractivity contribution in [1.29, 1.82) is 0 Å². The van der Waals surface area contributed by atoms with Crippen molar-refractivity contribution in [3.63, 3.8) is 0 Å². The molecule has 0 atom stereocenters. The average Bonchev–Trinajstić information content (AvgIpc) is 3.70. The predicted octanol–water partition coefficient (Wildman–Crippen LogP) is 0.203. The number of esters is 1. The zero-order valence-corrected chi connectivity index (χ0v) is 19.0. The van der Waals surface area contributed by atoms with E-state index in [1.165, 1.54) is 22.8 Å². The monoisotopic (exact) mass is 476 g/mol. The zero-order chi connectivity index (χ0) is 24.0. The highest BCUT2D eigenvalue weighted by Gasteiger charge is 2.41. The van der Waals surface area contributed by atoms with Crippen molar-refractivity contribution in [3.05, 3.63) is 51.2 Å². The van der Waals surface area contributed by atoms with Crippen LogP contribution in [0.25, 0.3) is 10.9 Å². The first-order valence-corrected chi connectivity index (χ1v) is 11.9. The third kappa shape index (κ3) is 4.91. The van der Waals surface area contributed by atoms with Gasteiger partial charge < -0.3 is 4.74 Å². The number of hydrogen-bond acceptors (Lipinski definition) is 7. The number of rotatable bonds is 8. The second-order valence-electron chi connectivity index (χ2n) is 8.65. The van der Waals surface area contributed by atoms with Crippen molar-refractivity contribution in [3.8, 4) is 0 Å². The van der Waals surface area contributed by atoms with Gasteiger partial charge in [-0.3, -0.25) is 19.6 Å². The van der Waals surface area contributed by atoms with E-state index < -0.39 is 38.7 Å². The number of aromatic nitrogens is 2. The van der Waals surface area contributed by atoms with Crippen LogP contribution in [0.15, 0.2) is 44.8 Å². The molecule has 0 spiro atoms. The van der Waals surface area contributed by atoms with Gasteiger partial charge in [-0.1, -0.05) is 0 Å². The second-order valence-corrected chi connectivity index (χ2v) is 10.3. The quantitative estimate of drug-likeness (QED) is 0.409. The summed E-state index contributed by atoms with van der Waals surface area (Å²) in [6, 6.07) is 4.01. The van der Waals surface area contributed by atoms with Gasteiger partial charge in [0.25, 0.3) is 11.5 Å². The summed E-state index contributed by atoms with van der Waals surface area (Å²) < 4.78 is 34.5. The van der Waals surface area contributed by atoms with Crippen LogP contribution in [0.2, 0.25) is 0 Å². The fourth-order valence-corrected chi connectivity index (χ4v) is 4.88. The third-order valence-electron chi connectivity index (χ3n) is 5.74. The van der Waals surface area contributed by atoms with Gasteiger partial charge in [0.2, 0.25) is 10.0 Å². The first-order valence-electron chi connectivity index (χ1n) is 10.4. The molecule has 33 heavy (non-hydrogen) atoms. The molecule has 0 radical (unpaired) electrons. The molecule has 0 unspecified atom stereocenters. The zero-order valence-electron chi connectivity index (χ0n) is 18.2. The highest BCUT2D eigenvalue weighted by Crippen LogP contribution is 2.36. The van der Waals surface area contributed by atoms with Gasteiger partial charge in [-0.2, -0.15) is 4.68 Å². The van der Waals surface area contributed by atoms with Gasteiger partial charge in [-0.15, -0.1) is 0 Å². The van der Waals surface area contributed by atoms with Crippen LogP contribution in [0.1, 0.15) is 32.6 Å². The topological polar surface area (TPSA) is 146 Å². The first kappa shape index (κ1) is 22.9. The lowest BCUT2D eigenvalue weighted by atomic mass is 10.2. The molecule has 1 aromatic heterocycles. The summed E-state index contributed by atoms with van der Waals surface area (Å²) in [7, 11) is -2.75. The Bertz CT molecular complexity index is 1400. The van der Waals surface area contributed by atoms with Gasteiger partial charge in [0.05, 0.1) is 22.9 Å². The summed E-state index contributed by atoms with van der Waals surface area (Å²) in [4.78, 5) is 49.4. The van der Waals surface area contributed by atoms with E-state index in [4.69, 9.17) is 0 Å². The summed E-state index contributed by atoms with van der Waals surface area (Å²) in [6.45, 7) is 2.12. The van der Waals surface area contributed by atoms with Gasteiger partial charge in [0.15, 0.2) is 0 Å². The summed E-state index contributed by atoms with van der Waals surface area (Å²) in [5, 5.41) is -0.0312. The molecule has 2 aliphatic carbocycles. The van der Waals surface area contributed by atoms with E-state index >= 15 is 0 Å². The molecule has 2 aromatic rings. The second kappa shape index (κ2) is 8.27. The summed E-state index contributed by atoms with van der Waals surface area (Å²) in [6.07, 6.45) is 4.97. The molecule has 0 saturated heterocycles. The molecule has 12 heteroatoms. The number of methoxy groups -OCH3 is 1. The maximum absolute atomic E-state index is 13.1. The van der Waals surface area contributed by atoms with E-state index in [2.05, 4.69) is 14.9 Å². The number of ether oxygens (including phenoxy) is 1. The highest BCUT2D eigenvalue weighted by molar-refractivity contribution is 7.89. The van der Waals surface area contributed by atoms with Crippen LogP contribution < -0.4 is 21.4 Å². The van der Waals surface area contributed by atoms with Crippen molar-refractivity contribution < 1.29 is 22.7 Å². The molecule has 0 bridgehead atoms. The lowest BCUT2D eigenvalue weighted by molar-refractivity contribution is -0.135. The van der Waals surface area contributed by atoms with E-state index in [1.54, 1.807) is 6.92 Å². The maximum atomic E-state index is 13.1. The molecule has 1 amide bonds. The minimum atomic E-state index is -3.89. The lowest BCUT2D eigenvalue weighted by Gasteiger charge is -2.16. The SMILES string of the molecule is COC(=O)/C=C/C(=O)Nn1c(=O)c2cc(S(=O)(=O)NC3(C)CC3)ccc2n(CC2CC2)c1=O. The Labute approximate surface area is 189 Å². The number of nitrogens with one attached hydrogen (secondary N) is 2. The van der Waals surface area contributed by atoms with E-state index in [9.17, 15) is 27.6 Å². The van der Waals surface area contributed by atoms with Gasteiger partial charge in [0, 0.05) is 24.2 Å². The van der Waals surface area contributed by atoms with Crippen LogP contribution in [0.3, 0.4) is 0 Å². The smallest absolute Gasteiger partial charge is 0.350 e. The van der Waals surface area contributed by atoms with Crippen LogP contribution in [0, 0.1) is 5.92 Å². The summed E-state index contributed by atoms with van der Waals surface area (Å²) in [5.74, 6) is -1.43. The largest absolute Gasteiger partial charge is 0.466 e. The van der Waals surface area contributed by atoms with Crippen molar-refractivity contribution in [2.24, 2.45) is 5.92 Å². The molecular weight excluding hydrogens is 452 g/mol. The Balaban J connectivity index is 1.80. The van der Waals surface area contributed by atoms with E-state index in [1.807, 2.05) is 0 Å². The Morgan fingerprint density at radius 3 is 2.52 bits per heavy atom. The lowest BCUT2D eigenvalue weighted by Crippen LogP contribution is -2.46. The number of hydrogen-bond donors (Lipinski definition) is 2. The molecule has 0 aliphatic heterocycles. The Hall–Kier alpha value is -3.25. The fraction of sp³-hybridized carbons (Fsp3) is 0.429. The standard InChI is InChI=1S/C21H24N4O7S/c1-21(9-10-21)23-33(30,31)14-5-6-16-15(11-14)19(28)25(20(29)24(16)12-13-3-4-13)22-17(26)7-8-18(27)32-2/h5-8,11,13,23H,3-4,9-10,12H2,1-2H3,(H,22,26)/b8-7+. The molecular formula is C21H24N4O7S. The van der Waals surface area contributed by atoms with Gasteiger partial charge in [0.1, 0.15) is 0 Å². The Morgan fingerprint density at radius 1 is 1.21 bits per heavy atom. The van der Waals surface area contributed by atoms with E-state index in [-0.39, 0.29) is 21.7 Å². The van der Waals surface area contributed by atoms with Crippen LogP contribution in [0.5, 0.6) is 0 Å². The van der Waals surface area contributed by atoms with Crippen LogP contribution in [-0.2, 0) is 30.9 Å². The molecule has 1 heterocycles. The molecule has 4 rings (SSSR count). The average molecular weight is 477 g/mol. The number of carbonyl (C=O) groups is 2. The van der Waals surface area contributed by atoms with Crippen molar-refractivity contribution in [2.45, 2.75) is 49.6 Å². The number of sulfonamides is 1.